The third-order valence-electron chi connectivity index (χ3n) is 4.21. The molecular weight excluding hydrogens is 304 g/mol. The van der Waals surface area contributed by atoms with E-state index in [4.69, 9.17) is 9.15 Å². The van der Waals surface area contributed by atoms with E-state index < -0.39 is 6.10 Å². The summed E-state index contributed by atoms with van der Waals surface area (Å²) >= 11 is 0. The molecule has 1 N–H and O–H groups in total. The Morgan fingerprint density at radius 1 is 1.42 bits per heavy atom. The Morgan fingerprint density at radius 3 is 2.88 bits per heavy atom. The third-order valence-corrected chi connectivity index (χ3v) is 4.21. The second-order valence-corrected chi connectivity index (χ2v) is 7.37. The van der Waals surface area contributed by atoms with Gasteiger partial charge in [0.25, 0.3) is 5.91 Å². The fourth-order valence-electron chi connectivity index (χ4n) is 3.39. The summed E-state index contributed by atoms with van der Waals surface area (Å²) in [5, 5.41) is 2.99. The van der Waals surface area contributed by atoms with Gasteiger partial charge in [-0.05, 0) is 43.2 Å². The molecule has 2 unspecified atom stereocenters. The number of para-hydroxylation sites is 2. The van der Waals surface area contributed by atoms with Gasteiger partial charge in [-0.3, -0.25) is 4.79 Å². The highest BCUT2D eigenvalue weighted by atomic mass is 16.6. The molecule has 1 aliphatic carbocycles. The monoisotopic (exact) mass is 328 g/mol. The molecule has 0 spiro atoms. The first-order valence-corrected chi connectivity index (χ1v) is 8.37. The zero-order chi connectivity index (χ0) is 17.3. The summed E-state index contributed by atoms with van der Waals surface area (Å²) in [6.07, 6.45) is 3.59. The number of benzene rings is 1. The standard InChI is InChI=1S/C19H24N2O3/c1-12-9-14(11-19(3,4)10-12)20-17(22)13(2)23-18-21-15-7-5-6-8-16(15)24-18/h5-8,11-13H,9-10H2,1-4H3,(H,20,22). The van der Waals surface area contributed by atoms with Gasteiger partial charge in [-0.1, -0.05) is 39.0 Å². The van der Waals surface area contributed by atoms with Crippen molar-refractivity contribution < 1.29 is 13.9 Å². The minimum atomic E-state index is -0.681. The van der Waals surface area contributed by atoms with E-state index in [1.54, 1.807) is 6.92 Å². The van der Waals surface area contributed by atoms with Crippen molar-refractivity contribution in [2.75, 3.05) is 0 Å². The van der Waals surface area contributed by atoms with Crippen LogP contribution >= 0.6 is 0 Å². The van der Waals surface area contributed by atoms with Crippen LogP contribution < -0.4 is 10.1 Å². The second-order valence-electron chi connectivity index (χ2n) is 7.37. The highest BCUT2D eigenvalue weighted by Crippen LogP contribution is 2.35. The van der Waals surface area contributed by atoms with Crippen molar-refractivity contribution in [3.05, 3.63) is 36.0 Å². The minimum absolute atomic E-state index is 0.102. The molecule has 0 fully saturated rings. The van der Waals surface area contributed by atoms with E-state index in [0.717, 1.165) is 18.5 Å². The Hall–Kier alpha value is -2.30. The lowest BCUT2D eigenvalue weighted by Gasteiger charge is -2.32. The molecule has 0 aliphatic heterocycles. The van der Waals surface area contributed by atoms with Gasteiger partial charge in [0.2, 0.25) is 0 Å². The zero-order valence-electron chi connectivity index (χ0n) is 14.6. The topological polar surface area (TPSA) is 64.4 Å². The Labute approximate surface area is 142 Å². The molecule has 1 aromatic carbocycles. The molecule has 0 saturated heterocycles. The van der Waals surface area contributed by atoms with Crippen LogP contribution in [0, 0.1) is 11.3 Å². The van der Waals surface area contributed by atoms with Gasteiger partial charge in [0.15, 0.2) is 11.7 Å². The van der Waals surface area contributed by atoms with Gasteiger partial charge in [0.05, 0.1) is 0 Å². The number of nitrogens with zero attached hydrogens (tertiary/aromatic N) is 1. The Balaban J connectivity index is 1.65. The fourth-order valence-corrected chi connectivity index (χ4v) is 3.39. The molecule has 2 atom stereocenters. The van der Waals surface area contributed by atoms with Crippen LogP contribution in [0.1, 0.15) is 40.5 Å². The van der Waals surface area contributed by atoms with Gasteiger partial charge in [0, 0.05) is 5.70 Å². The number of allylic oxidation sites excluding steroid dienone is 2. The van der Waals surface area contributed by atoms with Gasteiger partial charge in [-0.15, -0.1) is 0 Å². The molecule has 0 radical (unpaired) electrons. The lowest BCUT2D eigenvalue weighted by molar-refractivity contribution is -0.127. The summed E-state index contributed by atoms with van der Waals surface area (Å²) in [6, 6.07) is 7.40. The molecule has 24 heavy (non-hydrogen) atoms. The lowest BCUT2D eigenvalue weighted by atomic mass is 9.76. The smallest absolute Gasteiger partial charge is 0.395 e. The lowest BCUT2D eigenvalue weighted by Crippen LogP contribution is -2.38. The van der Waals surface area contributed by atoms with Crippen LogP contribution in [-0.4, -0.2) is 17.0 Å². The largest absolute Gasteiger partial charge is 0.437 e. The fraction of sp³-hybridized carbons (Fsp3) is 0.474. The Kier molecular flexibility index (Phi) is 4.35. The molecule has 5 heteroatoms. The number of aromatic nitrogens is 1. The number of nitrogens with one attached hydrogen (secondary N) is 1. The quantitative estimate of drug-likeness (QED) is 0.919. The van der Waals surface area contributed by atoms with E-state index in [1.807, 2.05) is 24.3 Å². The van der Waals surface area contributed by atoms with E-state index in [0.29, 0.717) is 17.0 Å². The predicted molar refractivity (Wildman–Crippen MR) is 92.5 cm³/mol. The van der Waals surface area contributed by atoms with E-state index >= 15 is 0 Å². The Morgan fingerprint density at radius 2 is 2.17 bits per heavy atom. The number of hydrogen-bond donors (Lipinski definition) is 1. The van der Waals surface area contributed by atoms with Gasteiger partial charge >= 0.3 is 6.08 Å². The molecule has 128 valence electrons. The zero-order valence-corrected chi connectivity index (χ0v) is 14.6. The van der Waals surface area contributed by atoms with E-state index in [1.165, 1.54) is 0 Å². The van der Waals surface area contributed by atoms with Crippen molar-refractivity contribution in [2.45, 2.75) is 46.6 Å². The molecule has 0 saturated carbocycles. The first-order valence-electron chi connectivity index (χ1n) is 8.37. The third kappa shape index (κ3) is 3.78. The van der Waals surface area contributed by atoms with Crippen molar-refractivity contribution in [3.8, 4) is 6.08 Å². The minimum Gasteiger partial charge on any atom is -0.437 e. The molecule has 1 aliphatic rings. The Bertz CT molecular complexity index is 743. The van der Waals surface area contributed by atoms with Crippen LogP contribution in [0.25, 0.3) is 11.1 Å². The van der Waals surface area contributed by atoms with Crippen LogP contribution in [-0.2, 0) is 4.79 Å². The molecular formula is C19H24N2O3. The normalized spacial score (nSPS) is 21.2. The maximum absolute atomic E-state index is 12.4. The van der Waals surface area contributed by atoms with Crippen molar-refractivity contribution in [2.24, 2.45) is 11.3 Å². The number of rotatable bonds is 4. The molecule has 1 amide bonds. The molecule has 2 aromatic rings. The highest BCUT2D eigenvalue weighted by molar-refractivity contribution is 5.82. The SMILES string of the molecule is CC1CC(NC(=O)C(C)Oc2nc3ccccc3o2)=CC(C)(C)C1. The number of amides is 1. The van der Waals surface area contributed by atoms with Gasteiger partial charge in [-0.25, -0.2) is 0 Å². The summed E-state index contributed by atoms with van der Waals surface area (Å²) in [5.41, 5.74) is 2.43. The maximum Gasteiger partial charge on any atom is 0.395 e. The van der Waals surface area contributed by atoms with Crippen LogP contribution in [0.15, 0.2) is 40.5 Å². The van der Waals surface area contributed by atoms with Gasteiger partial charge in [0.1, 0.15) is 5.52 Å². The second kappa shape index (κ2) is 6.30. The number of ether oxygens (including phenoxy) is 1. The van der Waals surface area contributed by atoms with Crippen LogP contribution in [0.3, 0.4) is 0 Å². The van der Waals surface area contributed by atoms with Crippen LogP contribution in [0.4, 0.5) is 0 Å². The predicted octanol–water partition coefficient (Wildman–Crippen LogP) is 4.05. The molecule has 3 rings (SSSR count). The molecule has 5 nitrogen and oxygen atoms in total. The van der Waals surface area contributed by atoms with Crippen molar-refractivity contribution in [1.82, 2.24) is 10.3 Å². The molecule has 0 bridgehead atoms. The number of fused-ring (bicyclic) bond motifs is 1. The van der Waals surface area contributed by atoms with Crippen LogP contribution in [0.5, 0.6) is 6.08 Å². The van der Waals surface area contributed by atoms with E-state index in [9.17, 15) is 4.79 Å². The number of carbonyl (C=O) groups is 1. The van der Waals surface area contributed by atoms with Crippen molar-refractivity contribution in [1.29, 1.82) is 0 Å². The average Bonchev–Trinajstić information content (AvgIpc) is 2.86. The maximum atomic E-state index is 12.4. The van der Waals surface area contributed by atoms with Crippen molar-refractivity contribution >= 4 is 17.0 Å². The summed E-state index contributed by atoms with van der Waals surface area (Å²) < 4.78 is 11.1. The van der Waals surface area contributed by atoms with Crippen LogP contribution in [0.2, 0.25) is 0 Å². The van der Waals surface area contributed by atoms with Gasteiger partial charge < -0.3 is 14.5 Å². The first-order chi connectivity index (χ1) is 11.3. The number of oxazole rings is 1. The first kappa shape index (κ1) is 16.6. The summed E-state index contributed by atoms with van der Waals surface area (Å²) in [4.78, 5) is 16.6. The summed E-state index contributed by atoms with van der Waals surface area (Å²) in [6.45, 7) is 8.28. The molecule has 1 aromatic heterocycles. The van der Waals surface area contributed by atoms with Crippen molar-refractivity contribution in [3.63, 3.8) is 0 Å². The summed E-state index contributed by atoms with van der Waals surface area (Å²) in [5.74, 6) is 0.363. The summed E-state index contributed by atoms with van der Waals surface area (Å²) in [7, 11) is 0. The number of carbonyl (C=O) groups excluding carboxylic acids is 1. The van der Waals surface area contributed by atoms with E-state index in [-0.39, 0.29) is 17.4 Å². The highest BCUT2D eigenvalue weighted by Gasteiger charge is 2.27. The molecule has 1 heterocycles. The number of hydrogen-bond acceptors (Lipinski definition) is 4. The van der Waals surface area contributed by atoms with Gasteiger partial charge in [-0.2, -0.15) is 4.98 Å². The average molecular weight is 328 g/mol. The van der Waals surface area contributed by atoms with E-state index in [2.05, 4.69) is 37.1 Å².